The van der Waals surface area contributed by atoms with Crippen LogP contribution >= 0.6 is 0 Å². The summed E-state index contributed by atoms with van der Waals surface area (Å²) in [5, 5.41) is 9.56. The number of aliphatic hydroxyl groups excluding tert-OH is 1. The molecule has 0 aromatic heterocycles. The summed E-state index contributed by atoms with van der Waals surface area (Å²) in [6.45, 7) is 1.78. The van der Waals surface area contributed by atoms with Crippen LogP contribution in [0.4, 0.5) is 0 Å². The molecule has 0 aliphatic carbocycles. The van der Waals surface area contributed by atoms with E-state index in [9.17, 15) is 13.5 Å². The second-order valence-corrected chi connectivity index (χ2v) is 6.83. The summed E-state index contributed by atoms with van der Waals surface area (Å²) in [5.74, 6) is 0. The highest BCUT2D eigenvalue weighted by Gasteiger charge is 2.32. The Morgan fingerprint density at radius 3 is 1.95 bits per heavy atom. The Balaban J connectivity index is 2.38. The molecule has 0 fully saturated rings. The molecule has 0 amide bonds. The number of hydrogen-bond acceptors (Lipinski definition) is 3. The van der Waals surface area contributed by atoms with Crippen molar-refractivity contribution in [2.45, 2.75) is 29.6 Å². The van der Waals surface area contributed by atoms with E-state index in [-0.39, 0.29) is 4.90 Å². The standard InChI is InChI=1S/C16H18O3S/c1-2-15(16(17)13-9-5-3-6-10-13)20(18,19)14-11-7-4-8-12-14/h3-12,15-17H,2H2,1H3/t15-,16-/m1/s1. The van der Waals surface area contributed by atoms with E-state index in [1.807, 2.05) is 6.07 Å². The number of rotatable bonds is 5. The van der Waals surface area contributed by atoms with Crippen LogP contribution < -0.4 is 0 Å². The van der Waals surface area contributed by atoms with Gasteiger partial charge in [-0.2, -0.15) is 0 Å². The van der Waals surface area contributed by atoms with E-state index in [1.54, 1.807) is 61.5 Å². The normalized spacial score (nSPS) is 14.7. The van der Waals surface area contributed by atoms with Crippen molar-refractivity contribution in [1.29, 1.82) is 0 Å². The van der Waals surface area contributed by atoms with Crippen molar-refractivity contribution in [3.05, 3.63) is 66.2 Å². The molecule has 20 heavy (non-hydrogen) atoms. The summed E-state index contributed by atoms with van der Waals surface area (Å²) < 4.78 is 25.2. The molecule has 0 unspecified atom stereocenters. The fourth-order valence-electron chi connectivity index (χ4n) is 2.26. The first-order valence-corrected chi connectivity index (χ1v) is 8.14. The molecule has 1 N–H and O–H groups in total. The molecule has 4 heteroatoms. The van der Waals surface area contributed by atoms with Crippen molar-refractivity contribution < 1.29 is 13.5 Å². The van der Waals surface area contributed by atoms with Gasteiger partial charge in [0, 0.05) is 0 Å². The molecule has 2 aromatic rings. The first-order valence-electron chi connectivity index (χ1n) is 6.59. The molecule has 3 nitrogen and oxygen atoms in total. The van der Waals surface area contributed by atoms with Gasteiger partial charge in [0.2, 0.25) is 0 Å². The number of hydrogen-bond donors (Lipinski definition) is 1. The smallest absolute Gasteiger partial charge is 0.184 e. The minimum Gasteiger partial charge on any atom is -0.387 e. The van der Waals surface area contributed by atoms with Gasteiger partial charge in [0.05, 0.1) is 16.2 Å². The zero-order valence-corrected chi connectivity index (χ0v) is 12.1. The summed E-state index contributed by atoms with van der Waals surface area (Å²) in [5.41, 5.74) is 0.624. The maximum absolute atomic E-state index is 12.6. The lowest BCUT2D eigenvalue weighted by molar-refractivity contribution is 0.169. The molecule has 0 heterocycles. The van der Waals surface area contributed by atoms with Crippen LogP contribution in [0.5, 0.6) is 0 Å². The largest absolute Gasteiger partial charge is 0.387 e. The first kappa shape index (κ1) is 14.8. The maximum Gasteiger partial charge on any atom is 0.184 e. The molecule has 2 rings (SSSR count). The van der Waals surface area contributed by atoms with Gasteiger partial charge in [0.25, 0.3) is 0 Å². The average molecular weight is 290 g/mol. The second kappa shape index (κ2) is 6.20. The van der Waals surface area contributed by atoms with E-state index in [0.29, 0.717) is 12.0 Å². The van der Waals surface area contributed by atoms with Gasteiger partial charge in [-0.1, -0.05) is 55.5 Å². The van der Waals surface area contributed by atoms with E-state index in [1.165, 1.54) is 0 Å². The number of aliphatic hydroxyl groups is 1. The van der Waals surface area contributed by atoms with Crippen LogP contribution in [0.25, 0.3) is 0 Å². The lowest BCUT2D eigenvalue weighted by atomic mass is 10.1. The summed E-state index contributed by atoms with van der Waals surface area (Å²) in [6, 6.07) is 17.2. The highest BCUT2D eigenvalue weighted by Crippen LogP contribution is 2.29. The Labute approximate surface area is 119 Å². The van der Waals surface area contributed by atoms with E-state index in [4.69, 9.17) is 0 Å². The van der Waals surface area contributed by atoms with Gasteiger partial charge in [-0.3, -0.25) is 0 Å². The Hall–Kier alpha value is -1.65. The van der Waals surface area contributed by atoms with Crippen LogP contribution in [0.2, 0.25) is 0 Å². The topological polar surface area (TPSA) is 54.4 Å². The molecule has 0 saturated carbocycles. The van der Waals surface area contributed by atoms with Gasteiger partial charge in [0.1, 0.15) is 0 Å². The van der Waals surface area contributed by atoms with Crippen molar-refractivity contribution in [3.8, 4) is 0 Å². The van der Waals surface area contributed by atoms with Crippen molar-refractivity contribution >= 4 is 9.84 Å². The fraction of sp³-hybridized carbons (Fsp3) is 0.250. The van der Waals surface area contributed by atoms with Crippen LogP contribution in [0.1, 0.15) is 25.0 Å². The van der Waals surface area contributed by atoms with Crippen molar-refractivity contribution in [3.63, 3.8) is 0 Å². The molecule has 2 atom stereocenters. The summed E-state index contributed by atoms with van der Waals surface area (Å²) in [6.07, 6.45) is -0.667. The zero-order chi connectivity index (χ0) is 14.6. The maximum atomic E-state index is 12.6. The molecular formula is C16H18O3S. The predicted molar refractivity (Wildman–Crippen MR) is 79.1 cm³/mol. The Kier molecular flexibility index (Phi) is 4.57. The third-order valence-electron chi connectivity index (χ3n) is 3.37. The lowest BCUT2D eigenvalue weighted by Crippen LogP contribution is -2.28. The van der Waals surface area contributed by atoms with Gasteiger partial charge in [0.15, 0.2) is 9.84 Å². The molecule has 2 aromatic carbocycles. The van der Waals surface area contributed by atoms with Crippen molar-refractivity contribution in [2.24, 2.45) is 0 Å². The minimum atomic E-state index is -3.55. The molecule has 0 saturated heterocycles. The lowest BCUT2D eigenvalue weighted by Gasteiger charge is -2.22. The second-order valence-electron chi connectivity index (χ2n) is 4.66. The number of sulfone groups is 1. The van der Waals surface area contributed by atoms with E-state index in [0.717, 1.165) is 0 Å². The Bertz CT molecular complexity index is 636. The predicted octanol–water partition coefficient (Wildman–Crippen LogP) is 2.97. The summed E-state index contributed by atoms with van der Waals surface area (Å²) >= 11 is 0. The molecule has 0 radical (unpaired) electrons. The molecule has 0 aliphatic heterocycles. The third kappa shape index (κ3) is 2.92. The van der Waals surface area contributed by atoms with Crippen LogP contribution in [0, 0.1) is 0 Å². The summed E-state index contributed by atoms with van der Waals surface area (Å²) in [7, 11) is -3.55. The van der Waals surface area contributed by atoms with Gasteiger partial charge >= 0.3 is 0 Å². The van der Waals surface area contributed by atoms with E-state index < -0.39 is 21.2 Å². The number of benzene rings is 2. The van der Waals surface area contributed by atoms with Crippen molar-refractivity contribution in [2.75, 3.05) is 0 Å². The third-order valence-corrected chi connectivity index (χ3v) is 5.68. The molecule has 0 aliphatic rings. The Morgan fingerprint density at radius 2 is 1.45 bits per heavy atom. The SMILES string of the molecule is CC[C@H]([C@H](O)c1ccccc1)S(=O)(=O)c1ccccc1. The van der Waals surface area contributed by atoms with Crippen LogP contribution in [-0.2, 0) is 9.84 Å². The Morgan fingerprint density at radius 1 is 0.950 bits per heavy atom. The van der Waals surface area contributed by atoms with Gasteiger partial charge in [-0.05, 0) is 24.1 Å². The van der Waals surface area contributed by atoms with Crippen LogP contribution in [-0.4, -0.2) is 18.8 Å². The highest BCUT2D eigenvalue weighted by molar-refractivity contribution is 7.92. The first-order chi connectivity index (χ1) is 9.57. The van der Waals surface area contributed by atoms with Gasteiger partial charge in [-0.25, -0.2) is 8.42 Å². The average Bonchev–Trinajstić information content (AvgIpc) is 2.49. The quantitative estimate of drug-likeness (QED) is 0.921. The van der Waals surface area contributed by atoms with Crippen LogP contribution in [0.3, 0.4) is 0 Å². The minimum absolute atomic E-state index is 0.252. The van der Waals surface area contributed by atoms with Crippen molar-refractivity contribution in [1.82, 2.24) is 0 Å². The van der Waals surface area contributed by atoms with E-state index >= 15 is 0 Å². The molecular weight excluding hydrogens is 272 g/mol. The fourth-order valence-corrected chi connectivity index (χ4v) is 4.08. The zero-order valence-electron chi connectivity index (χ0n) is 11.3. The monoisotopic (exact) mass is 290 g/mol. The molecule has 106 valence electrons. The highest BCUT2D eigenvalue weighted by atomic mass is 32.2. The van der Waals surface area contributed by atoms with Crippen LogP contribution in [0.15, 0.2) is 65.6 Å². The summed E-state index contributed by atoms with van der Waals surface area (Å²) in [4.78, 5) is 0.252. The van der Waals surface area contributed by atoms with Gasteiger partial charge in [-0.15, -0.1) is 0 Å². The molecule has 0 bridgehead atoms. The van der Waals surface area contributed by atoms with E-state index in [2.05, 4.69) is 0 Å². The van der Waals surface area contributed by atoms with Gasteiger partial charge < -0.3 is 5.11 Å². The molecule has 0 spiro atoms.